The number of nitrogens with one attached hydrogen (secondary N) is 1. The molecular weight excluding hydrogens is 432 g/mol. The highest BCUT2D eigenvalue weighted by Crippen LogP contribution is 2.51. The van der Waals surface area contributed by atoms with Crippen molar-refractivity contribution < 1.29 is 24.2 Å². The first-order valence-electron chi connectivity index (χ1n) is 12.0. The second-order valence-electron chi connectivity index (χ2n) is 9.96. The molecule has 3 aliphatic rings. The van der Waals surface area contributed by atoms with Crippen molar-refractivity contribution in [2.75, 3.05) is 19.7 Å². The predicted molar refractivity (Wildman–Crippen MR) is 126 cm³/mol. The van der Waals surface area contributed by atoms with Crippen molar-refractivity contribution in [1.82, 2.24) is 10.2 Å². The number of fused-ring (bicyclic) bond motifs is 4. The summed E-state index contributed by atoms with van der Waals surface area (Å²) in [5.41, 5.74) is 4.58. The van der Waals surface area contributed by atoms with Gasteiger partial charge in [0.15, 0.2) is 0 Å². The lowest BCUT2D eigenvalue weighted by Crippen LogP contribution is -2.52. The Morgan fingerprint density at radius 2 is 1.65 bits per heavy atom. The Balaban J connectivity index is 1.22. The van der Waals surface area contributed by atoms with Gasteiger partial charge in [0.05, 0.1) is 5.92 Å². The van der Waals surface area contributed by atoms with Crippen molar-refractivity contribution in [3.05, 3.63) is 59.7 Å². The van der Waals surface area contributed by atoms with Gasteiger partial charge in [-0.25, -0.2) is 4.79 Å². The summed E-state index contributed by atoms with van der Waals surface area (Å²) < 4.78 is 5.64. The molecule has 2 aliphatic carbocycles. The summed E-state index contributed by atoms with van der Waals surface area (Å²) >= 11 is 0. The third-order valence-corrected chi connectivity index (χ3v) is 7.64. The number of rotatable bonds is 6. The van der Waals surface area contributed by atoms with Crippen LogP contribution in [0, 0.1) is 23.7 Å². The third-order valence-electron chi connectivity index (χ3n) is 7.64. The molecule has 2 N–H and O–H groups in total. The number of benzene rings is 2. The molecule has 2 fully saturated rings. The number of hydrogen-bond donors (Lipinski definition) is 2. The van der Waals surface area contributed by atoms with Crippen molar-refractivity contribution in [1.29, 1.82) is 0 Å². The Hall–Kier alpha value is -3.35. The molecule has 1 saturated carbocycles. The Labute approximate surface area is 199 Å². The molecule has 1 aliphatic heterocycles. The average molecular weight is 463 g/mol. The van der Waals surface area contributed by atoms with Crippen LogP contribution in [0.3, 0.4) is 0 Å². The monoisotopic (exact) mass is 462 g/mol. The molecule has 0 bridgehead atoms. The van der Waals surface area contributed by atoms with Crippen LogP contribution in [-0.2, 0) is 14.3 Å². The lowest BCUT2D eigenvalue weighted by atomic mass is 9.98. The van der Waals surface area contributed by atoms with Gasteiger partial charge < -0.3 is 20.1 Å². The van der Waals surface area contributed by atoms with Crippen LogP contribution in [0.1, 0.15) is 37.3 Å². The molecule has 0 aromatic heterocycles. The van der Waals surface area contributed by atoms with E-state index in [1.165, 1.54) is 0 Å². The summed E-state index contributed by atoms with van der Waals surface area (Å²) in [5.74, 6) is -1.26. The van der Waals surface area contributed by atoms with Crippen molar-refractivity contribution in [2.45, 2.75) is 32.2 Å². The van der Waals surface area contributed by atoms with E-state index in [0.29, 0.717) is 19.5 Å². The lowest BCUT2D eigenvalue weighted by molar-refractivity contribution is -0.139. The minimum Gasteiger partial charge on any atom is -0.481 e. The van der Waals surface area contributed by atoms with E-state index in [9.17, 15) is 19.5 Å². The molecule has 0 spiro atoms. The molecule has 1 heterocycles. The Morgan fingerprint density at radius 1 is 1.03 bits per heavy atom. The molecule has 2 aromatic rings. The third kappa shape index (κ3) is 3.93. The standard InChI is InChI=1S/C27H30N2O5/c1-15(2)24(25(30)29-12-11-20-21(13-29)23(20)26(31)32)28-27(33)34-14-22-18-9-5-3-7-16(18)17-8-4-6-10-19(17)22/h3-10,15,20-24H,11-14H2,1-2H3,(H,28,33)(H,31,32)/t20-,21+,23?,24+/m0/s1. The maximum Gasteiger partial charge on any atom is 0.407 e. The molecule has 34 heavy (non-hydrogen) atoms. The van der Waals surface area contributed by atoms with Gasteiger partial charge in [0.1, 0.15) is 12.6 Å². The van der Waals surface area contributed by atoms with Gasteiger partial charge in [-0.05, 0) is 46.4 Å². The Morgan fingerprint density at radius 3 is 2.24 bits per heavy atom. The molecule has 5 rings (SSSR count). The molecule has 7 heteroatoms. The quantitative estimate of drug-likeness (QED) is 0.682. The fraction of sp³-hybridized carbons (Fsp3) is 0.444. The van der Waals surface area contributed by atoms with E-state index < -0.39 is 18.1 Å². The average Bonchev–Trinajstić information content (AvgIpc) is 3.48. The van der Waals surface area contributed by atoms with Gasteiger partial charge in [0, 0.05) is 19.0 Å². The number of piperidine rings is 1. The number of carboxylic acids is 1. The molecule has 0 radical (unpaired) electrons. The maximum atomic E-state index is 13.2. The SMILES string of the molecule is CC(C)[C@@H](NC(=O)OCC1c2ccccc2-c2ccccc21)C(=O)N1CC[C@@H]2C(C(=O)O)[C@@H]2C1. The number of alkyl carbamates (subject to hydrolysis) is 1. The van der Waals surface area contributed by atoms with E-state index in [2.05, 4.69) is 29.6 Å². The predicted octanol–water partition coefficient (Wildman–Crippen LogP) is 3.73. The second-order valence-corrected chi connectivity index (χ2v) is 9.96. The second kappa shape index (κ2) is 8.78. The van der Waals surface area contributed by atoms with Crippen LogP contribution < -0.4 is 5.32 Å². The molecule has 178 valence electrons. The first-order chi connectivity index (χ1) is 16.4. The number of aliphatic carboxylic acids is 1. The first kappa shape index (κ1) is 22.4. The fourth-order valence-electron chi connectivity index (χ4n) is 5.78. The van der Waals surface area contributed by atoms with E-state index in [1.54, 1.807) is 4.90 Å². The van der Waals surface area contributed by atoms with Crippen LogP contribution in [0.4, 0.5) is 4.79 Å². The largest absolute Gasteiger partial charge is 0.481 e. The van der Waals surface area contributed by atoms with E-state index in [4.69, 9.17) is 4.74 Å². The van der Waals surface area contributed by atoms with Crippen molar-refractivity contribution in [3.63, 3.8) is 0 Å². The topological polar surface area (TPSA) is 95.9 Å². The number of ether oxygens (including phenoxy) is 1. The first-order valence-corrected chi connectivity index (χ1v) is 12.0. The van der Waals surface area contributed by atoms with Gasteiger partial charge in [-0.1, -0.05) is 62.4 Å². The van der Waals surface area contributed by atoms with Crippen LogP contribution in [0.15, 0.2) is 48.5 Å². The minimum absolute atomic E-state index is 0.0254. The van der Waals surface area contributed by atoms with Crippen LogP contribution >= 0.6 is 0 Å². The van der Waals surface area contributed by atoms with Gasteiger partial charge in [-0.15, -0.1) is 0 Å². The number of carbonyl (C=O) groups is 3. The highest BCUT2D eigenvalue weighted by atomic mass is 16.5. The zero-order valence-corrected chi connectivity index (χ0v) is 19.4. The highest BCUT2D eigenvalue weighted by Gasteiger charge is 2.57. The van der Waals surface area contributed by atoms with E-state index in [-0.39, 0.29) is 42.1 Å². The number of carbonyl (C=O) groups excluding carboxylic acids is 2. The fourth-order valence-corrected chi connectivity index (χ4v) is 5.78. The van der Waals surface area contributed by atoms with E-state index in [0.717, 1.165) is 22.3 Å². The zero-order valence-electron chi connectivity index (χ0n) is 19.4. The van der Waals surface area contributed by atoms with Crippen molar-refractivity contribution in [2.24, 2.45) is 23.7 Å². The van der Waals surface area contributed by atoms with E-state index in [1.807, 2.05) is 38.1 Å². The van der Waals surface area contributed by atoms with Crippen LogP contribution in [0.2, 0.25) is 0 Å². The minimum atomic E-state index is -0.776. The van der Waals surface area contributed by atoms with Crippen molar-refractivity contribution >= 4 is 18.0 Å². The van der Waals surface area contributed by atoms with Crippen LogP contribution in [0.5, 0.6) is 0 Å². The summed E-state index contributed by atoms with van der Waals surface area (Å²) in [6.45, 7) is 4.93. The number of hydrogen-bond acceptors (Lipinski definition) is 4. The van der Waals surface area contributed by atoms with Gasteiger partial charge in [-0.2, -0.15) is 0 Å². The summed E-state index contributed by atoms with van der Waals surface area (Å²) in [6, 6.07) is 15.6. The number of amides is 2. The van der Waals surface area contributed by atoms with Crippen molar-refractivity contribution in [3.8, 4) is 11.1 Å². The van der Waals surface area contributed by atoms with Crippen LogP contribution in [0.25, 0.3) is 11.1 Å². The Bertz CT molecular complexity index is 1080. The number of likely N-dealkylation sites (tertiary alicyclic amines) is 1. The highest BCUT2D eigenvalue weighted by molar-refractivity contribution is 5.86. The zero-order chi connectivity index (χ0) is 24.0. The number of nitrogens with zero attached hydrogens (tertiary/aromatic N) is 1. The normalized spacial score (nSPS) is 23.5. The van der Waals surface area contributed by atoms with Gasteiger partial charge >= 0.3 is 12.1 Å². The van der Waals surface area contributed by atoms with Gasteiger partial charge in [0.2, 0.25) is 5.91 Å². The lowest BCUT2D eigenvalue weighted by Gasteiger charge is -2.32. The molecule has 4 atom stereocenters. The number of carboxylic acid groups (broad SMARTS) is 1. The molecule has 7 nitrogen and oxygen atoms in total. The molecule has 2 amide bonds. The Kier molecular flexibility index (Phi) is 5.80. The van der Waals surface area contributed by atoms with E-state index >= 15 is 0 Å². The molecule has 1 unspecified atom stereocenters. The van der Waals surface area contributed by atoms with Crippen LogP contribution in [-0.4, -0.2) is 53.7 Å². The summed E-state index contributed by atoms with van der Waals surface area (Å²) in [5, 5.41) is 12.1. The smallest absolute Gasteiger partial charge is 0.407 e. The van der Waals surface area contributed by atoms with Gasteiger partial charge in [0.25, 0.3) is 0 Å². The molecular formula is C27H30N2O5. The molecule has 2 aromatic carbocycles. The molecule has 1 saturated heterocycles. The van der Waals surface area contributed by atoms with Gasteiger partial charge in [-0.3, -0.25) is 9.59 Å². The summed E-state index contributed by atoms with van der Waals surface area (Å²) in [7, 11) is 0. The summed E-state index contributed by atoms with van der Waals surface area (Å²) in [6.07, 6.45) is 0.0852. The summed E-state index contributed by atoms with van der Waals surface area (Å²) in [4.78, 5) is 39.0. The maximum absolute atomic E-state index is 13.2.